The average molecular weight is 202 g/mol. The zero-order valence-electron chi connectivity index (χ0n) is 7.66. The predicted molar refractivity (Wildman–Crippen MR) is 56.4 cm³/mol. The van der Waals surface area contributed by atoms with Crippen LogP contribution in [0.15, 0.2) is 0 Å². The van der Waals surface area contributed by atoms with Crippen LogP contribution in [0.25, 0.3) is 0 Å². The summed E-state index contributed by atoms with van der Waals surface area (Å²) in [4.78, 5) is 0.679. The highest BCUT2D eigenvalue weighted by atomic mass is 32.1. The standard InChI is InChI=1S/C7H15BN2O2S/c1-5(8(11)12)10-7(13)6-3-2-4-9-6/h5-6,9,11-12H,2-4H2,1H3,(H,10,13)/t5-,6-/m0/s1. The highest BCUT2D eigenvalue weighted by molar-refractivity contribution is 7.80. The fourth-order valence-corrected chi connectivity index (χ4v) is 1.69. The van der Waals surface area contributed by atoms with Crippen molar-refractivity contribution in [3.63, 3.8) is 0 Å². The molecule has 1 heterocycles. The lowest BCUT2D eigenvalue weighted by molar-refractivity contribution is 0.385. The van der Waals surface area contributed by atoms with Crippen LogP contribution in [0.5, 0.6) is 0 Å². The fraction of sp³-hybridized carbons (Fsp3) is 0.857. The van der Waals surface area contributed by atoms with Gasteiger partial charge in [-0.1, -0.05) is 12.2 Å². The summed E-state index contributed by atoms with van der Waals surface area (Å²) in [6.07, 6.45) is 2.16. The number of hydrogen-bond donors (Lipinski definition) is 4. The first-order chi connectivity index (χ1) is 6.11. The van der Waals surface area contributed by atoms with Crippen molar-refractivity contribution in [2.75, 3.05) is 6.54 Å². The van der Waals surface area contributed by atoms with Gasteiger partial charge in [0, 0.05) is 0 Å². The summed E-state index contributed by atoms with van der Waals surface area (Å²) >= 11 is 5.11. The molecule has 0 unspecified atom stereocenters. The maximum atomic E-state index is 8.83. The molecule has 4 nitrogen and oxygen atoms in total. The zero-order valence-corrected chi connectivity index (χ0v) is 8.47. The second-order valence-electron chi connectivity index (χ2n) is 3.36. The molecule has 0 bridgehead atoms. The SMILES string of the molecule is C[C@H](NC(=S)[C@@H]1CCCN1)B(O)O. The smallest absolute Gasteiger partial charge is 0.426 e. The van der Waals surface area contributed by atoms with Gasteiger partial charge in [-0.25, -0.2) is 0 Å². The lowest BCUT2D eigenvalue weighted by atomic mass is 9.81. The van der Waals surface area contributed by atoms with Crippen LogP contribution in [0.3, 0.4) is 0 Å². The van der Waals surface area contributed by atoms with E-state index in [1.165, 1.54) is 0 Å². The molecule has 0 radical (unpaired) electrons. The lowest BCUT2D eigenvalue weighted by Gasteiger charge is -2.18. The molecule has 0 aromatic heterocycles. The zero-order chi connectivity index (χ0) is 9.84. The van der Waals surface area contributed by atoms with Gasteiger partial charge in [0.15, 0.2) is 0 Å². The van der Waals surface area contributed by atoms with E-state index in [9.17, 15) is 0 Å². The van der Waals surface area contributed by atoms with Gasteiger partial charge in [-0.3, -0.25) is 0 Å². The Balaban J connectivity index is 2.31. The van der Waals surface area contributed by atoms with Crippen LogP contribution in [-0.4, -0.2) is 40.7 Å². The van der Waals surface area contributed by atoms with Crippen molar-refractivity contribution in [1.82, 2.24) is 10.6 Å². The molecule has 0 spiro atoms. The molecular weight excluding hydrogens is 187 g/mol. The third-order valence-electron chi connectivity index (χ3n) is 2.19. The summed E-state index contributed by atoms with van der Waals surface area (Å²) in [7, 11) is -1.36. The third kappa shape index (κ3) is 3.23. The van der Waals surface area contributed by atoms with E-state index in [1.54, 1.807) is 6.92 Å². The highest BCUT2D eigenvalue weighted by Crippen LogP contribution is 2.06. The van der Waals surface area contributed by atoms with Crippen LogP contribution in [0, 0.1) is 0 Å². The number of hydrogen-bond acceptors (Lipinski definition) is 4. The second-order valence-corrected chi connectivity index (χ2v) is 3.80. The lowest BCUT2D eigenvalue weighted by Crippen LogP contribution is -2.49. The molecule has 1 aliphatic heterocycles. The molecule has 1 saturated heterocycles. The molecule has 0 aromatic rings. The van der Waals surface area contributed by atoms with Gasteiger partial charge >= 0.3 is 7.12 Å². The Morgan fingerprint density at radius 3 is 2.85 bits per heavy atom. The summed E-state index contributed by atoms with van der Waals surface area (Å²) in [5, 5.41) is 23.8. The van der Waals surface area contributed by atoms with Crippen LogP contribution in [0.2, 0.25) is 0 Å². The molecule has 0 aliphatic carbocycles. The van der Waals surface area contributed by atoms with Gasteiger partial charge in [0.2, 0.25) is 0 Å². The third-order valence-corrected chi connectivity index (χ3v) is 2.60. The van der Waals surface area contributed by atoms with Crippen molar-refractivity contribution in [3.05, 3.63) is 0 Å². The highest BCUT2D eigenvalue weighted by Gasteiger charge is 2.23. The Morgan fingerprint density at radius 2 is 2.38 bits per heavy atom. The Bertz CT molecular complexity index is 185. The van der Waals surface area contributed by atoms with E-state index in [2.05, 4.69) is 10.6 Å². The summed E-state index contributed by atoms with van der Waals surface area (Å²) < 4.78 is 0. The molecule has 6 heteroatoms. The van der Waals surface area contributed by atoms with Crippen molar-refractivity contribution in [1.29, 1.82) is 0 Å². The number of thiocarbonyl (C=S) groups is 1. The molecule has 1 rings (SSSR count). The first-order valence-corrected chi connectivity index (χ1v) is 4.92. The van der Waals surface area contributed by atoms with Gasteiger partial charge in [0.25, 0.3) is 0 Å². The second kappa shape index (κ2) is 4.90. The van der Waals surface area contributed by atoms with E-state index in [0.29, 0.717) is 4.99 Å². The van der Waals surface area contributed by atoms with Crippen LogP contribution >= 0.6 is 12.2 Å². The first-order valence-electron chi connectivity index (χ1n) is 4.51. The minimum Gasteiger partial charge on any atom is -0.426 e. The van der Waals surface area contributed by atoms with E-state index in [1.807, 2.05) is 0 Å². The van der Waals surface area contributed by atoms with E-state index in [0.717, 1.165) is 19.4 Å². The quantitative estimate of drug-likeness (QED) is 0.351. The van der Waals surface area contributed by atoms with Crippen LogP contribution in [0.4, 0.5) is 0 Å². The first kappa shape index (κ1) is 10.9. The van der Waals surface area contributed by atoms with Crippen LogP contribution < -0.4 is 10.6 Å². The predicted octanol–water partition coefficient (Wildman–Crippen LogP) is -0.944. The molecule has 0 amide bonds. The summed E-state index contributed by atoms with van der Waals surface area (Å²) in [6.45, 7) is 2.68. The monoisotopic (exact) mass is 202 g/mol. The Morgan fingerprint density at radius 1 is 1.69 bits per heavy atom. The largest absolute Gasteiger partial charge is 0.475 e. The van der Waals surface area contributed by atoms with Gasteiger partial charge < -0.3 is 20.7 Å². The van der Waals surface area contributed by atoms with Crippen molar-refractivity contribution >= 4 is 24.3 Å². The molecule has 13 heavy (non-hydrogen) atoms. The van der Waals surface area contributed by atoms with Crippen LogP contribution in [-0.2, 0) is 0 Å². The minimum absolute atomic E-state index is 0.205. The van der Waals surface area contributed by atoms with Crippen molar-refractivity contribution in [3.8, 4) is 0 Å². The Hall–Kier alpha value is -0.165. The molecule has 0 saturated carbocycles. The number of rotatable bonds is 3. The molecule has 1 fully saturated rings. The molecule has 1 aliphatic rings. The minimum atomic E-state index is -1.36. The molecular formula is C7H15BN2O2S. The van der Waals surface area contributed by atoms with E-state index >= 15 is 0 Å². The summed E-state index contributed by atoms with van der Waals surface area (Å²) in [6, 6.07) is 0.205. The average Bonchev–Trinajstić information content (AvgIpc) is 2.55. The molecule has 2 atom stereocenters. The van der Waals surface area contributed by atoms with Gasteiger partial charge in [-0.15, -0.1) is 0 Å². The van der Waals surface area contributed by atoms with Gasteiger partial charge in [-0.05, 0) is 26.3 Å². The van der Waals surface area contributed by atoms with Gasteiger partial charge in [0.1, 0.15) is 0 Å². The van der Waals surface area contributed by atoms with Crippen molar-refractivity contribution in [2.24, 2.45) is 0 Å². The van der Waals surface area contributed by atoms with E-state index < -0.39 is 13.1 Å². The van der Waals surface area contributed by atoms with Gasteiger partial charge in [0.05, 0.1) is 17.0 Å². The fourth-order valence-electron chi connectivity index (χ4n) is 1.31. The topological polar surface area (TPSA) is 64.5 Å². The Labute approximate surface area is 83.9 Å². The Kier molecular flexibility index (Phi) is 4.12. The van der Waals surface area contributed by atoms with Crippen LogP contribution in [0.1, 0.15) is 19.8 Å². The maximum absolute atomic E-state index is 8.83. The van der Waals surface area contributed by atoms with E-state index in [-0.39, 0.29) is 6.04 Å². The maximum Gasteiger partial charge on any atom is 0.475 e. The molecule has 74 valence electrons. The van der Waals surface area contributed by atoms with Gasteiger partial charge in [-0.2, -0.15) is 0 Å². The van der Waals surface area contributed by atoms with E-state index in [4.69, 9.17) is 22.3 Å². The molecule has 4 N–H and O–H groups in total. The van der Waals surface area contributed by atoms with Crippen molar-refractivity contribution < 1.29 is 10.0 Å². The summed E-state index contributed by atoms with van der Waals surface area (Å²) in [5.74, 6) is -0.408. The molecule has 0 aromatic carbocycles. The summed E-state index contributed by atoms with van der Waals surface area (Å²) in [5.41, 5.74) is 0. The van der Waals surface area contributed by atoms with Crippen molar-refractivity contribution in [2.45, 2.75) is 31.7 Å². The normalized spacial score (nSPS) is 24.1. The number of nitrogens with one attached hydrogen (secondary N) is 2.